The van der Waals surface area contributed by atoms with Crippen LogP contribution in [-0.4, -0.2) is 42.5 Å². The highest BCUT2D eigenvalue weighted by molar-refractivity contribution is 5.53. The van der Waals surface area contributed by atoms with Crippen molar-refractivity contribution < 1.29 is 24.2 Å². The van der Waals surface area contributed by atoms with E-state index < -0.39 is 0 Å². The van der Waals surface area contributed by atoms with Gasteiger partial charge in [0.1, 0.15) is 12.6 Å². The van der Waals surface area contributed by atoms with Crippen LogP contribution >= 0.6 is 0 Å². The Hall–Kier alpha value is -2.40. The van der Waals surface area contributed by atoms with Crippen LogP contribution in [0.3, 0.4) is 0 Å². The van der Waals surface area contributed by atoms with E-state index in [0.29, 0.717) is 11.5 Å². The van der Waals surface area contributed by atoms with Crippen molar-refractivity contribution in [2.75, 3.05) is 27.8 Å². The van der Waals surface area contributed by atoms with Gasteiger partial charge in [-0.2, -0.15) is 0 Å². The first-order valence-electron chi connectivity index (χ1n) is 8.58. The molecule has 2 aromatic carbocycles. The molecule has 2 atom stereocenters. The summed E-state index contributed by atoms with van der Waals surface area (Å²) in [5.41, 5.74) is 4.76. The minimum Gasteiger partial charge on any atom is -0.504 e. The lowest BCUT2D eigenvalue weighted by Gasteiger charge is -2.49. The van der Waals surface area contributed by atoms with Gasteiger partial charge in [-0.1, -0.05) is 6.07 Å². The number of quaternary nitrogens is 1. The minimum absolute atomic E-state index is 0.198. The molecule has 0 saturated carbocycles. The van der Waals surface area contributed by atoms with Crippen molar-refractivity contribution in [3.05, 3.63) is 46.5 Å². The SMILES string of the molecule is COc1cc2c(cc1O)C1Cc3ccc(O)c(OC)c3C[N+]1(C)CC2. The molecule has 25 heavy (non-hydrogen) atoms. The standard InChI is InChI=1S/C20H23NO4/c1-21-7-6-13-9-19(24-2)18(23)10-14(13)16(21)8-12-4-5-17(22)20(25-3)15(12)11-21/h4-5,9-10,16H,6-8,11H2,1-3H3,(H-,22,23)/p+1. The number of fused-ring (bicyclic) bond motifs is 4. The Labute approximate surface area is 147 Å². The second-order valence-corrected chi connectivity index (χ2v) is 7.31. The van der Waals surface area contributed by atoms with Crippen molar-refractivity contribution in [2.45, 2.75) is 25.4 Å². The van der Waals surface area contributed by atoms with Crippen LogP contribution in [-0.2, 0) is 19.4 Å². The van der Waals surface area contributed by atoms with Crippen LogP contribution < -0.4 is 9.47 Å². The molecule has 0 amide bonds. The Morgan fingerprint density at radius 3 is 2.56 bits per heavy atom. The van der Waals surface area contributed by atoms with Gasteiger partial charge in [0, 0.05) is 18.4 Å². The number of benzene rings is 2. The fourth-order valence-electron chi connectivity index (χ4n) is 4.52. The summed E-state index contributed by atoms with van der Waals surface area (Å²) in [6.07, 6.45) is 1.80. The molecule has 0 aliphatic carbocycles. The molecule has 2 aromatic rings. The number of methoxy groups -OCH3 is 2. The molecule has 4 rings (SSSR count). The van der Waals surface area contributed by atoms with Crippen molar-refractivity contribution in [3.8, 4) is 23.0 Å². The number of nitrogens with zero attached hydrogens (tertiary/aromatic N) is 1. The van der Waals surface area contributed by atoms with Gasteiger partial charge in [0.2, 0.25) is 0 Å². The maximum Gasteiger partial charge on any atom is 0.169 e. The number of rotatable bonds is 2. The van der Waals surface area contributed by atoms with Crippen LogP contribution in [0.5, 0.6) is 23.0 Å². The number of hydrogen-bond acceptors (Lipinski definition) is 4. The fourth-order valence-corrected chi connectivity index (χ4v) is 4.52. The van der Waals surface area contributed by atoms with Crippen molar-refractivity contribution >= 4 is 0 Å². The molecule has 5 heteroatoms. The minimum atomic E-state index is 0.198. The lowest BCUT2D eigenvalue weighted by atomic mass is 9.81. The summed E-state index contributed by atoms with van der Waals surface area (Å²) >= 11 is 0. The van der Waals surface area contributed by atoms with Gasteiger partial charge in [0.15, 0.2) is 23.0 Å². The van der Waals surface area contributed by atoms with E-state index in [0.717, 1.165) is 36.0 Å². The monoisotopic (exact) mass is 342 g/mol. The molecule has 132 valence electrons. The summed E-state index contributed by atoms with van der Waals surface area (Å²) < 4.78 is 11.6. The molecule has 0 fully saturated rings. The molecular formula is C20H24NO4+. The summed E-state index contributed by atoms with van der Waals surface area (Å²) in [5.74, 6) is 1.53. The van der Waals surface area contributed by atoms with Crippen LogP contribution in [0.2, 0.25) is 0 Å². The zero-order valence-electron chi connectivity index (χ0n) is 14.9. The molecule has 0 bridgehead atoms. The second kappa shape index (κ2) is 5.56. The average molecular weight is 342 g/mol. The number of aromatic hydroxyl groups is 2. The topological polar surface area (TPSA) is 58.9 Å². The van der Waals surface area contributed by atoms with E-state index in [1.54, 1.807) is 20.3 Å². The largest absolute Gasteiger partial charge is 0.504 e. The van der Waals surface area contributed by atoms with E-state index in [2.05, 4.69) is 7.05 Å². The van der Waals surface area contributed by atoms with Crippen molar-refractivity contribution in [3.63, 3.8) is 0 Å². The van der Waals surface area contributed by atoms with Crippen LogP contribution in [0.4, 0.5) is 0 Å². The van der Waals surface area contributed by atoms with Crippen molar-refractivity contribution in [2.24, 2.45) is 0 Å². The Kier molecular flexibility index (Phi) is 3.58. The predicted molar refractivity (Wildman–Crippen MR) is 94.2 cm³/mol. The number of hydrogen-bond donors (Lipinski definition) is 2. The summed E-state index contributed by atoms with van der Waals surface area (Å²) in [4.78, 5) is 0. The Morgan fingerprint density at radius 2 is 1.84 bits per heavy atom. The second-order valence-electron chi connectivity index (χ2n) is 7.31. The maximum atomic E-state index is 10.3. The lowest BCUT2D eigenvalue weighted by Crippen LogP contribution is -2.53. The third kappa shape index (κ3) is 2.34. The first kappa shape index (κ1) is 16.1. The maximum absolute atomic E-state index is 10.3. The third-order valence-corrected chi connectivity index (χ3v) is 5.92. The summed E-state index contributed by atoms with van der Waals surface area (Å²) in [6.45, 7) is 1.81. The zero-order valence-corrected chi connectivity index (χ0v) is 14.9. The van der Waals surface area contributed by atoms with Gasteiger partial charge in [-0.05, 0) is 29.3 Å². The normalized spacial score (nSPS) is 24.0. The van der Waals surface area contributed by atoms with E-state index in [4.69, 9.17) is 9.47 Å². The molecule has 0 saturated heterocycles. The molecule has 0 radical (unpaired) electrons. The Balaban J connectivity index is 1.83. The summed E-state index contributed by atoms with van der Waals surface area (Å²) in [7, 11) is 5.44. The molecule has 2 unspecified atom stereocenters. The smallest absolute Gasteiger partial charge is 0.169 e. The number of phenols is 2. The zero-order chi connectivity index (χ0) is 17.8. The highest BCUT2D eigenvalue weighted by Gasteiger charge is 2.44. The molecule has 0 spiro atoms. The van der Waals surface area contributed by atoms with Gasteiger partial charge in [-0.3, -0.25) is 0 Å². The van der Waals surface area contributed by atoms with Crippen LogP contribution in [0, 0.1) is 0 Å². The van der Waals surface area contributed by atoms with Gasteiger partial charge in [0.05, 0.1) is 33.4 Å². The summed E-state index contributed by atoms with van der Waals surface area (Å²) in [6, 6.07) is 7.83. The number of phenolic OH excluding ortho intramolecular Hbond substituents is 2. The van der Waals surface area contributed by atoms with Crippen LogP contribution in [0.1, 0.15) is 28.3 Å². The van der Waals surface area contributed by atoms with E-state index in [1.807, 2.05) is 18.2 Å². The molecular weight excluding hydrogens is 318 g/mol. The predicted octanol–water partition coefficient (Wildman–Crippen LogP) is 2.92. The third-order valence-electron chi connectivity index (χ3n) is 5.92. The quantitative estimate of drug-likeness (QED) is 0.824. The highest BCUT2D eigenvalue weighted by Crippen LogP contribution is 2.48. The van der Waals surface area contributed by atoms with Crippen molar-refractivity contribution in [1.82, 2.24) is 0 Å². The lowest BCUT2D eigenvalue weighted by molar-refractivity contribution is -0.956. The molecule has 0 aromatic heterocycles. The number of likely N-dealkylation sites (N-methyl/N-ethyl adjacent to an activating group) is 1. The van der Waals surface area contributed by atoms with Gasteiger partial charge < -0.3 is 24.2 Å². The first-order chi connectivity index (χ1) is 12.0. The number of ether oxygens (including phenoxy) is 2. The Morgan fingerprint density at radius 1 is 1.04 bits per heavy atom. The van der Waals surface area contributed by atoms with Crippen LogP contribution in [0.25, 0.3) is 0 Å². The summed E-state index contributed by atoms with van der Waals surface area (Å²) in [5, 5.41) is 20.4. The molecule has 2 N–H and O–H groups in total. The Bertz CT molecular complexity index is 848. The van der Waals surface area contributed by atoms with Crippen molar-refractivity contribution in [1.29, 1.82) is 0 Å². The fraction of sp³-hybridized carbons (Fsp3) is 0.400. The van der Waals surface area contributed by atoms with E-state index >= 15 is 0 Å². The van der Waals surface area contributed by atoms with E-state index in [-0.39, 0.29) is 17.5 Å². The van der Waals surface area contributed by atoms with Gasteiger partial charge >= 0.3 is 0 Å². The highest BCUT2D eigenvalue weighted by atomic mass is 16.5. The van der Waals surface area contributed by atoms with E-state index in [9.17, 15) is 10.2 Å². The van der Waals surface area contributed by atoms with E-state index in [1.165, 1.54) is 16.7 Å². The van der Waals surface area contributed by atoms with Gasteiger partial charge in [-0.15, -0.1) is 0 Å². The van der Waals surface area contributed by atoms with Gasteiger partial charge in [0.25, 0.3) is 0 Å². The average Bonchev–Trinajstić information content (AvgIpc) is 2.59. The molecule has 2 heterocycles. The first-order valence-corrected chi connectivity index (χ1v) is 8.58. The van der Waals surface area contributed by atoms with Crippen LogP contribution in [0.15, 0.2) is 24.3 Å². The molecule has 2 aliphatic rings. The molecule has 5 nitrogen and oxygen atoms in total. The van der Waals surface area contributed by atoms with Gasteiger partial charge in [-0.25, -0.2) is 0 Å². The molecule has 2 aliphatic heterocycles.